The molecule has 0 saturated carbocycles. The molecule has 170 valence electrons. The number of aromatic nitrogens is 3. The van der Waals surface area contributed by atoms with Crippen molar-refractivity contribution in [3.63, 3.8) is 0 Å². The van der Waals surface area contributed by atoms with E-state index in [1.54, 1.807) is 31.0 Å². The minimum absolute atomic E-state index is 0.0600. The predicted molar refractivity (Wildman–Crippen MR) is 121 cm³/mol. The number of nitrogens with one attached hydrogen (secondary N) is 2. The van der Waals surface area contributed by atoms with E-state index in [2.05, 4.69) is 20.3 Å². The average molecular weight is 468 g/mol. The van der Waals surface area contributed by atoms with Gasteiger partial charge in [0.1, 0.15) is 11.5 Å². The summed E-state index contributed by atoms with van der Waals surface area (Å²) in [6.07, 6.45) is 1.74. The van der Waals surface area contributed by atoms with Gasteiger partial charge < -0.3 is 14.6 Å². The SMILES string of the molecule is COc1ccc(Cn2ccc(NC(=O)c3cccc(S(=O)(=O)Nc4cc(C)on4)c3)n2)cc1. The Morgan fingerprint density at radius 3 is 2.58 bits per heavy atom. The molecule has 2 N–H and O–H groups in total. The fourth-order valence-electron chi connectivity index (χ4n) is 3.04. The quantitative estimate of drug-likeness (QED) is 0.407. The molecule has 11 heteroatoms. The summed E-state index contributed by atoms with van der Waals surface area (Å²) in [6, 6.07) is 16.4. The Balaban J connectivity index is 1.43. The number of nitrogens with zero attached hydrogens (tertiary/aromatic N) is 3. The molecule has 33 heavy (non-hydrogen) atoms. The Labute approximate surface area is 190 Å². The number of ether oxygens (including phenoxy) is 1. The first kappa shape index (κ1) is 22.1. The van der Waals surface area contributed by atoms with Gasteiger partial charge >= 0.3 is 0 Å². The molecule has 0 unspecified atom stereocenters. The Morgan fingerprint density at radius 1 is 1.09 bits per heavy atom. The predicted octanol–water partition coefficient (Wildman–Crippen LogP) is 3.29. The maximum Gasteiger partial charge on any atom is 0.263 e. The molecule has 2 aromatic heterocycles. The van der Waals surface area contributed by atoms with Gasteiger partial charge in [-0.1, -0.05) is 23.4 Å². The standard InChI is InChI=1S/C22H21N5O5S/c1-15-12-21(25-32-15)26-33(29,30)19-5-3-4-17(13-19)22(28)23-20-10-11-27(24-20)14-16-6-8-18(31-2)9-7-16/h3-13H,14H2,1-2H3,(H,25,26)(H,23,24,28). The second-order valence-corrected chi connectivity index (χ2v) is 8.84. The Hall–Kier alpha value is -4.12. The number of anilines is 2. The number of rotatable bonds is 8. The summed E-state index contributed by atoms with van der Waals surface area (Å²) >= 11 is 0. The molecule has 4 rings (SSSR count). The second kappa shape index (κ2) is 9.17. The second-order valence-electron chi connectivity index (χ2n) is 7.16. The lowest BCUT2D eigenvalue weighted by molar-refractivity contribution is 0.102. The van der Waals surface area contributed by atoms with Crippen molar-refractivity contribution in [1.82, 2.24) is 14.9 Å². The van der Waals surface area contributed by atoms with E-state index in [4.69, 9.17) is 9.26 Å². The van der Waals surface area contributed by atoms with Crippen molar-refractivity contribution in [1.29, 1.82) is 0 Å². The lowest BCUT2D eigenvalue weighted by Gasteiger charge is -2.07. The molecule has 2 heterocycles. The summed E-state index contributed by atoms with van der Waals surface area (Å²) in [6.45, 7) is 2.16. The van der Waals surface area contributed by atoms with E-state index in [-0.39, 0.29) is 16.3 Å². The van der Waals surface area contributed by atoms with Crippen LogP contribution in [0.4, 0.5) is 11.6 Å². The molecule has 10 nitrogen and oxygen atoms in total. The molecule has 0 fully saturated rings. The van der Waals surface area contributed by atoms with Gasteiger partial charge in [-0.15, -0.1) is 0 Å². The van der Waals surface area contributed by atoms with Crippen LogP contribution in [0.5, 0.6) is 5.75 Å². The summed E-state index contributed by atoms with van der Waals surface area (Å²) in [5.41, 5.74) is 1.18. The first-order valence-electron chi connectivity index (χ1n) is 9.86. The van der Waals surface area contributed by atoms with E-state index in [9.17, 15) is 13.2 Å². The monoisotopic (exact) mass is 467 g/mol. The van der Waals surface area contributed by atoms with Crippen molar-refractivity contribution < 1.29 is 22.5 Å². The molecule has 0 aliphatic carbocycles. The van der Waals surface area contributed by atoms with Crippen molar-refractivity contribution in [2.45, 2.75) is 18.4 Å². The zero-order valence-corrected chi connectivity index (χ0v) is 18.7. The molecule has 0 radical (unpaired) electrons. The fourth-order valence-corrected chi connectivity index (χ4v) is 4.07. The summed E-state index contributed by atoms with van der Waals surface area (Å²) in [4.78, 5) is 12.6. The van der Waals surface area contributed by atoms with Crippen molar-refractivity contribution in [3.8, 4) is 5.75 Å². The van der Waals surface area contributed by atoms with Gasteiger partial charge in [0.05, 0.1) is 18.6 Å². The molecule has 2 aromatic carbocycles. The van der Waals surface area contributed by atoms with Crippen LogP contribution in [0, 0.1) is 6.92 Å². The number of amides is 1. The van der Waals surface area contributed by atoms with Crippen LogP contribution >= 0.6 is 0 Å². The number of carbonyl (C=O) groups is 1. The highest BCUT2D eigenvalue weighted by molar-refractivity contribution is 7.92. The molecule has 0 saturated heterocycles. The van der Waals surface area contributed by atoms with Crippen LogP contribution in [-0.4, -0.2) is 36.4 Å². The zero-order valence-electron chi connectivity index (χ0n) is 17.8. The topological polar surface area (TPSA) is 128 Å². The van der Waals surface area contributed by atoms with Crippen LogP contribution in [0.25, 0.3) is 0 Å². The fraction of sp³-hybridized carbons (Fsp3) is 0.136. The maximum atomic E-state index is 12.7. The molecule has 0 spiro atoms. The van der Waals surface area contributed by atoms with Gasteiger partial charge in [-0.2, -0.15) is 5.10 Å². The van der Waals surface area contributed by atoms with Crippen molar-refractivity contribution in [2.75, 3.05) is 17.1 Å². The molecule has 0 bridgehead atoms. The number of hydrogen-bond acceptors (Lipinski definition) is 7. The zero-order chi connectivity index (χ0) is 23.4. The molecular formula is C22H21N5O5S. The summed E-state index contributed by atoms with van der Waals surface area (Å²) in [5, 5.41) is 10.6. The highest BCUT2D eigenvalue weighted by Crippen LogP contribution is 2.18. The minimum Gasteiger partial charge on any atom is -0.497 e. The first-order valence-corrected chi connectivity index (χ1v) is 11.3. The van der Waals surface area contributed by atoms with Crippen LogP contribution in [0.3, 0.4) is 0 Å². The summed E-state index contributed by atoms with van der Waals surface area (Å²) in [5.74, 6) is 1.15. The van der Waals surface area contributed by atoms with Gasteiger partial charge in [-0.3, -0.25) is 14.2 Å². The number of benzene rings is 2. The van der Waals surface area contributed by atoms with Gasteiger partial charge in [-0.05, 0) is 42.8 Å². The molecule has 4 aromatic rings. The van der Waals surface area contributed by atoms with Gasteiger partial charge in [0.15, 0.2) is 11.6 Å². The van der Waals surface area contributed by atoms with Crippen LogP contribution in [0.1, 0.15) is 21.7 Å². The van der Waals surface area contributed by atoms with E-state index in [0.717, 1.165) is 11.3 Å². The lowest BCUT2D eigenvalue weighted by Crippen LogP contribution is -2.16. The van der Waals surface area contributed by atoms with E-state index >= 15 is 0 Å². The Bertz CT molecular complexity index is 1380. The average Bonchev–Trinajstić information content (AvgIpc) is 3.42. The van der Waals surface area contributed by atoms with E-state index in [1.807, 2.05) is 24.3 Å². The van der Waals surface area contributed by atoms with Crippen LogP contribution in [-0.2, 0) is 16.6 Å². The van der Waals surface area contributed by atoms with Crippen LogP contribution < -0.4 is 14.8 Å². The third-order valence-corrected chi connectivity index (χ3v) is 6.01. The third-order valence-electron chi connectivity index (χ3n) is 4.66. The van der Waals surface area contributed by atoms with Crippen LogP contribution in [0.15, 0.2) is 76.3 Å². The van der Waals surface area contributed by atoms with Crippen molar-refractivity contribution in [3.05, 3.63) is 83.7 Å². The minimum atomic E-state index is -3.95. The van der Waals surface area contributed by atoms with Crippen molar-refractivity contribution >= 4 is 27.6 Å². The highest BCUT2D eigenvalue weighted by Gasteiger charge is 2.18. The normalized spacial score (nSPS) is 11.2. The summed E-state index contributed by atoms with van der Waals surface area (Å²) < 4.78 is 39.2. The van der Waals surface area contributed by atoms with Crippen LogP contribution in [0.2, 0.25) is 0 Å². The molecular weight excluding hydrogens is 446 g/mol. The smallest absolute Gasteiger partial charge is 0.263 e. The van der Waals surface area contributed by atoms with E-state index in [0.29, 0.717) is 18.1 Å². The van der Waals surface area contributed by atoms with Gasteiger partial charge in [0.2, 0.25) is 0 Å². The summed E-state index contributed by atoms with van der Waals surface area (Å²) in [7, 11) is -2.34. The first-order chi connectivity index (χ1) is 15.8. The number of methoxy groups -OCH3 is 1. The highest BCUT2D eigenvalue weighted by atomic mass is 32.2. The maximum absolute atomic E-state index is 12.7. The Kier molecular flexibility index (Phi) is 6.13. The van der Waals surface area contributed by atoms with E-state index in [1.165, 1.54) is 30.3 Å². The molecule has 0 atom stereocenters. The van der Waals surface area contributed by atoms with Gasteiger partial charge in [0.25, 0.3) is 15.9 Å². The van der Waals surface area contributed by atoms with E-state index < -0.39 is 15.9 Å². The number of aryl methyl sites for hydroxylation is 1. The molecule has 1 amide bonds. The number of carbonyl (C=O) groups excluding carboxylic acids is 1. The van der Waals surface area contributed by atoms with Crippen molar-refractivity contribution in [2.24, 2.45) is 0 Å². The molecule has 0 aliphatic rings. The molecule has 0 aliphatic heterocycles. The number of hydrogen-bond donors (Lipinski definition) is 2. The van der Waals surface area contributed by atoms with Gasteiger partial charge in [0, 0.05) is 23.9 Å². The number of sulfonamides is 1. The third kappa shape index (κ3) is 5.39. The largest absolute Gasteiger partial charge is 0.497 e. The van der Waals surface area contributed by atoms with Gasteiger partial charge in [-0.25, -0.2) is 8.42 Å². The lowest BCUT2D eigenvalue weighted by atomic mass is 10.2. The Morgan fingerprint density at radius 2 is 1.88 bits per heavy atom.